The second-order valence-electron chi connectivity index (χ2n) is 5.05. The average Bonchev–Trinajstić information content (AvgIpc) is 2.56. The molecule has 0 aromatic heterocycles. The standard InChI is InChI=1S/C15H21N3O4S/c1-11(12-6-4-7-13(10-12)18(20)21)17(2)15(23)16-9-5-8-14(19)22-3/h4,6-7,10-11H,5,8-9H2,1-3H3,(H,16,23)/t11-/m1/s1. The monoisotopic (exact) mass is 339 g/mol. The molecule has 23 heavy (non-hydrogen) atoms. The summed E-state index contributed by atoms with van der Waals surface area (Å²) in [6, 6.07) is 6.37. The van der Waals surface area contributed by atoms with Crippen LogP contribution in [0.25, 0.3) is 0 Å². The van der Waals surface area contributed by atoms with E-state index in [1.807, 2.05) is 24.9 Å². The Morgan fingerprint density at radius 2 is 2.22 bits per heavy atom. The van der Waals surface area contributed by atoms with Crippen LogP contribution in [0.1, 0.15) is 31.4 Å². The Bertz CT molecular complexity index is 580. The van der Waals surface area contributed by atoms with E-state index < -0.39 is 4.92 Å². The molecule has 0 aliphatic heterocycles. The molecule has 0 unspecified atom stereocenters. The van der Waals surface area contributed by atoms with Gasteiger partial charge in [-0.1, -0.05) is 12.1 Å². The molecule has 1 N–H and O–H groups in total. The van der Waals surface area contributed by atoms with E-state index in [-0.39, 0.29) is 17.7 Å². The molecule has 0 bridgehead atoms. The molecule has 126 valence electrons. The number of esters is 1. The molecule has 1 aromatic carbocycles. The number of benzene rings is 1. The van der Waals surface area contributed by atoms with Crippen molar-refractivity contribution in [3.8, 4) is 0 Å². The van der Waals surface area contributed by atoms with Gasteiger partial charge in [0.05, 0.1) is 18.1 Å². The molecule has 8 heteroatoms. The fraction of sp³-hybridized carbons (Fsp3) is 0.467. The Labute approximate surface area is 140 Å². The molecular formula is C15H21N3O4S. The number of thiocarbonyl (C=S) groups is 1. The van der Waals surface area contributed by atoms with Crippen molar-refractivity contribution in [1.82, 2.24) is 10.2 Å². The number of carbonyl (C=O) groups excluding carboxylic acids is 1. The van der Waals surface area contributed by atoms with Crippen LogP contribution in [0.15, 0.2) is 24.3 Å². The zero-order valence-electron chi connectivity index (χ0n) is 13.4. The van der Waals surface area contributed by atoms with Gasteiger partial charge < -0.3 is 15.0 Å². The van der Waals surface area contributed by atoms with Gasteiger partial charge in [0.15, 0.2) is 5.11 Å². The minimum absolute atomic E-state index is 0.0553. The van der Waals surface area contributed by atoms with Crippen LogP contribution < -0.4 is 5.32 Å². The number of rotatable bonds is 7. The van der Waals surface area contributed by atoms with Crippen LogP contribution >= 0.6 is 12.2 Å². The highest BCUT2D eigenvalue weighted by atomic mass is 32.1. The van der Waals surface area contributed by atoms with Crippen molar-refractivity contribution < 1.29 is 14.5 Å². The highest BCUT2D eigenvalue weighted by Gasteiger charge is 2.17. The predicted molar refractivity (Wildman–Crippen MR) is 91.1 cm³/mol. The van der Waals surface area contributed by atoms with Gasteiger partial charge in [0.25, 0.3) is 5.69 Å². The van der Waals surface area contributed by atoms with Crippen LogP contribution in [0.5, 0.6) is 0 Å². The van der Waals surface area contributed by atoms with Crippen molar-refractivity contribution >= 4 is 29.0 Å². The maximum absolute atomic E-state index is 11.0. The summed E-state index contributed by atoms with van der Waals surface area (Å²) in [6.07, 6.45) is 0.947. The van der Waals surface area contributed by atoms with Gasteiger partial charge in [-0.2, -0.15) is 0 Å². The number of carbonyl (C=O) groups is 1. The number of non-ortho nitro benzene ring substituents is 1. The fourth-order valence-corrected chi connectivity index (χ4v) is 2.21. The minimum atomic E-state index is -0.417. The lowest BCUT2D eigenvalue weighted by Gasteiger charge is -2.28. The van der Waals surface area contributed by atoms with Crippen LogP contribution in [-0.2, 0) is 9.53 Å². The molecule has 0 spiro atoms. The van der Waals surface area contributed by atoms with E-state index in [1.54, 1.807) is 12.1 Å². The van der Waals surface area contributed by atoms with Gasteiger partial charge in [-0.3, -0.25) is 14.9 Å². The van der Waals surface area contributed by atoms with Gasteiger partial charge in [-0.25, -0.2) is 0 Å². The van der Waals surface area contributed by atoms with Crippen molar-refractivity contribution in [2.45, 2.75) is 25.8 Å². The molecule has 0 aliphatic rings. The molecule has 1 aromatic rings. The number of methoxy groups -OCH3 is 1. The molecule has 1 atom stereocenters. The summed E-state index contributed by atoms with van der Waals surface area (Å²) >= 11 is 5.31. The number of nitro benzene ring substituents is 1. The predicted octanol–water partition coefficient (Wildman–Crippen LogP) is 2.42. The summed E-state index contributed by atoms with van der Waals surface area (Å²) in [6.45, 7) is 2.47. The number of nitro groups is 1. The van der Waals surface area contributed by atoms with Crippen molar-refractivity contribution in [2.75, 3.05) is 20.7 Å². The van der Waals surface area contributed by atoms with Gasteiger partial charge >= 0.3 is 5.97 Å². The quantitative estimate of drug-likeness (QED) is 0.268. The number of hydrogen-bond acceptors (Lipinski definition) is 5. The summed E-state index contributed by atoms with van der Waals surface area (Å²) in [5, 5.41) is 14.4. The lowest BCUT2D eigenvalue weighted by atomic mass is 10.1. The van der Waals surface area contributed by atoms with Crippen molar-refractivity contribution in [1.29, 1.82) is 0 Å². The lowest BCUT2D eigenvalue weighted by Crippen LogP contribution is -2.39. The van der Waals surface area contributed by atoms with Gasteiger partial charge in [-0.05, 0) is 31.1 Å². The maximum atomic E-state index is 11.0. The normalized spacial score (nSPS) is 11.4. The molecule has 0 saturated carbocycles. The maximum Gasteiger partial charge on any atom is 0.305 e. The van der Waals surface area contributed by atoms with Gasteiger partial charge in [-0.15, -0.1) is 0 Å². The van der Waals surface area contributed by atoms with Gasteiger partial charge in [0.1, 0.15) is 0 Å². The van der Waals surface area contributed by atoms with E-state index in [1.165, 1.54) is 13.2 Å². The minimum Gasteiger partial charge on any atom is -0.469 e. The third-order valence-corrected chi connectivity index (χ3v) is 3.96. The molecule has 0 radical (unpaired) electrons. The van der Waals surface area contributed by atoms with Crippen molar-refractivity contribution in [3.63, 3.8) is 0 Å². The first-order chi connectivity index (χ1) is 10.9. The third kappa shape index (κ3) is 5.82. The first kappa shape index (κ1) is 18.8. The number of nitrogens with zero attached hydrogens (tertiary/aromatic N) is 2. The Hall–Kier alpha value is -2.22. The fourth-order valence-electron chi connectivity index (χ4n) is 1.95. The SMILES string of the molecule is COC(=O)CCCNC(=S)N(C)[C@H](C)c1cccc([N+](=O)[O-])c1. The van der Waals surface area contributed by atoms with Crippen LogP contribution in [0.2, 0.25) is 0 Å². The average molecular weight is 339 g/mol. The summed E-state index contributed by atoms with van der Waals surface area (Å²) in [5.41, 5.74) is 0.861. The van der Waals surface area contributed by atoms with E-state index in [4.69, 9.17) is 12.2 Å². The first-order valence-electron chi connectivity index (χ1n) is 7.18. The second-order valence-corrected chi connectivity index (χ2v) is 5.44. The molecule has 0 amide bonds. The van der Waals surface area contributed by atoms with Crippen LogP contribution in [-0.4, -0.2) is 41.6 Å². The largest absolute Gasteiger partial charge is 0.469 e. The zero-order valence-corrected chi connectivity index (χ0v) is 14.3. The topological polar surface area (TPSA) is 84.7 Å². The van der Waals surface area contributed by atoms with Crippen LogP contribution in [0.4, 0.5) is 5.69 Å². The highest BCUT2D eigenvalue weighted by Crippen LogP contribution is 2.22. The van der Waals surface area contributed by atoms with Crippen LogP contribution in [0.3, 0.4) is 0 Å². The molecule has 0 aliphatic carbocycles. The highest BCUT2D eigenvalue weighted by molar-refractivity contribution is 7.80. The Kier molecular flexibility index (Phi) is 7.40. The van der Waals surface area contributed by atoms with E-state index in [9.17, 15) is 14.9 Å². The van der Waals surface area contributed by atoms with Gasteiger partial charge in [0, 0.05) is 32.1 Å². The summed E-state index contributed by atoms with van der Waals surface area (Å²) in [4.78, 5) is 23.3. The first-order valence-corrected chi connectivity index (χ1v) is 7.59. The molecule has 0 saturated heterocycles. The second kappa shape index (κ2) is 9.04. The Balaban J connectivity index is 2.56. The summed E-state index contributed by atoms with van der Waals surface area (Å²) in [5.74, 6) is -0.254. The molecule has 7 nitrogen and oxygen atoms in total. The van der Waals surface area contributed by atoms with E-state index >= 15 is 0 Å². The lowest BCUT2D eigenvalue weighted by molar-refractivity contribution is -0.384. The molecule has 0 fully saturated rings. The molecule has 0 heterocycles. The Morgan fingerprint density at radius 3 is 2.83 bits per heavy atom. The van der Waals surface area contributed by atoms with E-state index in [0.29, 0.717) is 24.5 Å². The molecular weight excluding hydrogens is 318 g/mol. The smallest absolute Gasteiger partial charge is 0.305 e. The third-order valence-electron chi connectivity index (χ3n) is 3.53. The molecule has 1 rings (SSSR count). The van der Waals surface area contributed by atoms with Gasteiger partial charge in [0.2, 0.25) is 0 Å². The number of hydrogen-bond donors (Lipinski definition) is 1. The van der Waals surface area contributed by atoms with E-state index in [0.717, 1.165) is 5.56 Å². The number of nitrogens with one attached hydrogen (secondary N) is 1. The van der Waals surface area contributed by atoms with Crippen LogP contribution in [0, 0.1) is 10.1 Å². The van der Waals surface area contributed by atoms with E-state index in [2.05, 4.69) is 10.1 Å². The summed E-state index contributed by atoms with van der Waals surface area (Å²) in [7, 11) is 3.17. The zero-order chi connectivity index (χ0) is 17.4. The number of ether oxygens (including phenoxy) is 1. The van der Waals surface area contributed by atoms with Crippen molar-refractivity contribution in [2.24, 2.45) is 0 Å². The Morgan fingerprint density at radius 1 is 1.52 bits per heavy atom. The summed E-state index contributed by atoms with van der Waals surface area (Å²) < 4.78 is 4.57. The van der Waals surface area contributed by atoms with Crippen molar-refractivity contribution in [3.05, 3.63) is 39.9 Å².